The van der Waals surface area contributed by atoms with E-state index in [2.05, 4.69) is 5.32 Å². The van der Waals surface area contributed by atoms with Gasteiger partial charge in [0.25, 0.3) is 5.91 Å². The van der Waals surface area contributed by atoms with Gasteiger partial charge in [-0.2, -0.15) is 0 Å². The molecule has 1 aliphatic rings. The second-order valence-corrected chi connectivity index (χ2v) is 9.47. The molecule has 1 aromatic heterocycles. The average molecular weight is 420 g/mol. The molecule has 138 valence electrons. The molecular formula is C19H14ClNO4S2. The summed E-state index contributed by atoms with van der Waals surface area (Å²) in [5.74, 6) is 0.0377. The third-order valence-corrected chi connectivity index (χ3v) is 7.42. The van der Waals surface area contributed by atoms with Crippen LogP contribution in [0.1, 0.15) is 15.2 Å². The number of ether oxygens (including phenoxy) is 1. The molecule has 0 radical (unpaired) electrons. The van der Waals surface area contributed by atoms with Crippen LogP contribution in [0.2, 0.25) is 5.02 Å². The molecule has 2 aromatic carbocycles. The van der Waals surface area contributed by atoms with E-state index in [1.807, 2.05) is 0 Å². The number of anilines is 1. The van der Waals surface area contributed by atoms with Crippen LogP contribution in [0.15, 0.2) is 53.4 Å². The number of amides is 1. The van der Waals surface area contributed by atoms with Gasteiger partial charge in [-0.3, -0.25) is 4.79 Å². The zero-order valence-electron chi connectivity index (χ0n) is 14.2. The standard InChI is InChI=1S/C19H14ClNO4S2/c1-25-15-7-6-12(20)9-14(15)21-19(22)16-8-11-10-27(23,24)17-5-3-2-4-13(17)18(11)26-16/h2-9H,10H2,1H3,(H,21,22). The minimum Gasteiger partial charge on any atom is -0.495 e. The lowest BCUT2D eigenvalue weighted by atomic mass is 10.1. The highest BCUT2D eigenvalue weighted by Crippen LogP contribution is 2.43. The van der Waals surface area contributed by atoms with E-state index in [-0.39, 0.29) is 11.7 Å². The van der Waals surface area contributed by atoms with E-state index < -0.39 is 9.84 Å². The van der Waals surface area contributed by atoms with Crippen molar-refractivity contribution >= 4 is 44.4 Å². The predicted molar refractivity (Wildman–Crippen MR) is 107 cm³/mol. The minimum atomic E-state index is -3.41. The first-order chi connectivity index (χ1) is 12.9. The van der Waals surface area contributed by atoms with Crippen LogP contribution in [-0.2, 0) is 15.6 Å². The van der Waals surface area contributed by atoms with Crippen LogP contribution in [0, 0.1) is 0 Å². The first kappa shape index (κ1) is 18.0. The molecular weight excluding hydrogens is 406 g/mol. The molecule has 0 spiro atoms. The average Bonchev–Trinajstić information content (AvgIpc) is 3.05. The Labute approximate surface area is 165 Å². The fourth-order valence-electron chi connectivity index (χ4n) is 3.05. The minimum absolute atomic E-state index is 0.108. The second-order valence-electron chi connectivity index (χ2n) is 6.02. The van der Waals surface area contributed by atoms with E-state index in [9.17, 15) is 13.2 Å². The summed E-state index contributed by atoms with van der Waals surface area (Å²) < 4.78 is 30.2. The molecule has 3 aromatic rings. The first-order valence-electron chi connectivity index (χ1n) is 7.99. The molecule has 1 aliphatic heterocycles. The molecule has 0 atom stereocenters. The van der Waals surface area contributed by atoms with Crippen LogP contribution in [0.5, 0.6) is 5.75 Å². The Morgan fingerprint density at radius 2 is 1.96 bits per heavy atom. The highest BCUT2D eigenvalue weighted by atomic mass is 35.5. The Morgan fingerprint density at radius 3 is 2.74 bits per heavy atom. The lowest BCUT2D eigenvalue weighted by molar-refractivity contribution is 0.103. The van der Waals surface area contributed by atoms with E-state index in [1.54, 1.807) is 48.5 Å². The summed E-state index contributed by atoms with van der Waals surface area (Å²) in [4.78, 5) is 14.3. The maximum atomic E-state index is 12.7. The third kappa shape index (κ3) is 3.22. The number of carbonyl (C=O) groups is 1. The fourth-order valence-corrected chi connectivity index (χ4v) is 6.07. The van der Waals surface area contributed by atoms with Gasteiger partial charge in [-0.25, -0.2) is 8.42 Å². The van der Waals surface area contributed by atoms with Crippen molar-refractivity contribution in [2.45, 2.75) is 10.6 Å². The van der Waals surface area contributed by atoms with E-state index in [0.717, 1.165) is 4.88 Å². The molecule has 1 N–H and O–H groups in total. The molecule has 0 aliphatic carbocycles. The van der Waals surface area contributed by atoms with Crippen molar-refractivity contribution in [1.29, 1.82) is 0 Å². The zero-order valence-corrected chi connectivity index (χ0v) is 16.5. The Morgan fingerprint density at radius 1 is 1.19 bits per heavy atom. The van der Waals surface area contributed by atoms with Gasteiger partial charge in [-0.05, 0) is 35.9 Å². The number of fused-ring (bicyclic) bond motifs is 3. The van der Waals surface area contributed by atoms with Crippen molar-refractivity contribution in [1.82, 2.24) is 0 Å². The fraction of sp³-hybridized carbons (Fsp3) is 0.105. The number of methoxy groups -OCH3 is 1. The number of sulfone groups is 1. The number of benzene rings is 2. The van der Waals surface area contributed by atoms with E-state index >= 15 is 0 Å². The molecule has 1 amide bonds. The number of halogens is 1. The van der Waals surface area contributed by atoms with Gasteiger partial charge in [0.1, 0.15) is 5.75 Å². The summed E-state index contributed by atoms with van der Waals surface area (Å²) in [6.07, 6.45) is 0. The van der Waals surface area contributed by atoms with Crippen LogP contribution in [0.25, 0.3) is 10.4 Å². The predicted octanol–water partition coefficient (Wildman–Crippen LogP) is 4.62. The lowest BCUT2D eigenvalue weighted by Crippen LogP contribution is -2.12. The topological polar surface area (TPSA) is 72.5 Å². The highest BCUT2D eigenvalue weighted by Gasteiger charge is 2.30. The smallest absolute Gasteiger partial charge is 0.265 e. The summed E-state index contributed by atoms with van der Waals surface area (Å²) in [6, 6.07) is 13.4. The molecule has 0 saturated carbocycles. The molecule has 0 fully saturated rings. The summed E-state index contributed by atoms with van der Waals surface area (Å²) in [6.45, 7) is 0. The van der Waals surface area contributed by atoms with Crippen molar-refractivity contribution in [3.05, 3.63) is 64.0 Å². The molecule has 5 nitrogen and oxygen atoms in total. The number of carbonyl (C=O) groups excluding carboxylic acids is 1. The van der Waals surface area contributed by atoms with Crippen LogP contribution in [0.3, 0.4) is 0 Å². The van der Waals surface area contributed by atoms with E-state index in [4.69, 9.17) is 16.3 Å². The maximum absolute atomic E-state index is 12.7. The summed E-state index contributed by atoms with van der Waals surface area (Å²) in [5.41, 5.74) is 1.74. The molecule has 8 heteroatoms. The first-order valence-corrected chi connectivity index (χ1v) is 10.8. The van der Waals surface area contributed by atoms with Gasteiger partial charge in [0, 0.05) is 15.5 Å². The number of rotatable bonds is 3. The lowest BCUT2D eigenvalue weighted by Gasteiger charge is -2.15. The molecule has 2 heterocycles. The molecule has 0 unspecified atom stereocenters. The molecule has 4 rings (SSSR count). The van der Waals surface area contributed by atoms with Crippen molar-refractivity contribution in [2.24, 2.45) is 0 Å². The zero-order chi connectivity index (χ0) is 19.2. The third-order valence-electron chi connectivity index (χ3n) is 4.25. The molecule has 0 bridgehead atoms. The van der Waals surface area contributed by atoms with Crippen LogP contribution in [0.4, 0.5) is 5.69 Å². The number of thiophene rings is 1. The summed E-state index contributed by atoms with van der Waals surface area (Å²) in [7, 11) is -1.90. The highest BCUT2D eigenvalue weighted by molar-refractivity contribution is 7.91. The summed E-state index contributed by atoms with van der Waals surface area (Å²) in [5, 5.41) is 3.25. The molecule has 27 heavy (non-hydrogen) atoms. The van der Waals surface area contributed by atoms with Crippen LogP contribution >= 0.6 is 22.9 Å². The Kier molecular flexibility index (Phi) is 4.46. The Balaban J connectivity index is 1.72. The van der Waals surface area contributed by atoms with Gasteiger partial charge in [0.2, 0.25) is 0 Å². The van der Waals surface area contributed by atoms with Gasteiger partial charge < -0.3 is 10.1 Å². The normalized spacial score (nSPS) is 14.1. The Bertz CT molecular complexity index is 1170. The van der Waals surface area contributed by atoms with Gasteiger partial charge >= 0.3 is 0 Å². The summed E-state index contributed by atoms with van der Waals surface area (Å²) >= 11 is 7.28. The van der Waals surface area contributed by atoms with E-state index in [0.29, 0.717) is 37.4 Å². The monoisotopic (exact) mass is 419 g/mol. The largest absolute Gasteiger partial charge is 0.495 e. The van der Waals surface area contributed by atoms with Crippen molar-refractivity contribution in [3.8, 4) is 16.2 Å². The number of nitrogens with one attached hydrogen (secondary N) is 1. The quantitative estimate of drug-likeness (QED) is 0.672. The Hall–Kier alpha value is -2.35. The van der Waals surface area contributed by atoms with Crippen molar-refractivity contribution in [3.63, 3.8) is 0 Å². The van der Waals surface area contributed by atoms with Gasteiger partial charge in [-0.1, -0.05) is 29.8 Å². The number of hydrogen-bond acceptors (Lipinski definition) is 5. The number of hydrogen-bond donors (Lipinski definition) is 1. The maximum Gasteiger partial charge on any atom is 0.265 e. The van der Waals surface area contributed by atoms with Gasteiger partial charge in [-0.15, -0.1) is 11.3 Å². The van der Waals surface area contributed by atoms with Gasteiger partial charge in [0.15, 0.2) is 9.84 Å². The molecule has 0 saturated heterocycles. The van der Waals surface area contributed by atoms with Crippen molar-refractivity contribution in [2.75, 3.05) is 12.4 Å². The second kappa shape index (κ2) is 6.67. The van der Waals surface area contributed by atoms with Crippen molar-refractivity contribution < 1.29 is 17.9 Å². The van der Waals surface area contributed by atoms with Crippen LogP contribution in [-0.4, -0.2) is 21.4 Å². The van der Waals surface area contributed by atoms with Crippen LogP contribution < -0.4 is 10.1 Å². The SMILES string of the molecule is COc1ccc(Cl)cc1NC(=O)c1cc2c(s1)-c1ccccc1S(=O)(=O)C2. The van der Waals surface area contributed by atoms with E-state index in [1.165, 1.54) is 18.4 Å². The van der Waals surface area contributed by atoms with Gasteiger partial charge in [0.05, 0.1) is 28.3 Å².